The molecule has 0 aliphatic heterocycles. The number of hydrogen-bond acceptors (Lipinski definition) is 8. The van der Waals surface area contributed by atoms with Gasteiger partial charge in [-0.3, -0.25) is 5.43 Å². The van der Waals surface area contributed by atoms with E-state index in [9.17, 15) is 14.7 Å². The van der Waals surface area contributed by atoms with Crippen LogP contribution in [0.3, 0.4) is 0 Å². The minimum absolute atomic E-state index is 0.0558. The number of carbonyl (C=O) groups excluding carboxylic acids is 2. The van der Waals surface area contributed by atoms with Crippen LogP contribution in [-0.4, -0.2) is 39.0 Å². The first-order valence-corrected chi connectivity index (χ1v) is 8.04. The van der Waals surface area contributed by atoms with Crippen molar-refractivity contribution in [3.63, 3.8) is 0 Å². The third-order valence-electron chi connectivity index (χ3n) is 3.58. The van der Waals surface area contributed by atoms with Crippen molar-refractivity contribution in [2.45, 2.75) is 6.92 Å². The van der Waals surface area contributed by atoms with Crippen LogP contribution in [0.25, 0.3) is 0 Å². The molecule has 0 amide bonds. The van der Waals surface area contributed by atoms with Gasteiger partial charge in [-0.15, -0.1) is 0 Å². The minimum Gasteiger partial charge on any atom is -0.545 e. The summed E-state index contributed by atoms with van der Waals surface area (Å²) in [6.07, 6.45) is 1.33. The molecule has 2 aromatic rings. The molecule has 0 unspecified atom stereocenters. The van der Waals surface area contributed by atoms with E-state index >= 15 is 0 Å². The summed E-state index contributed by atoms with van der Waals surface area (Å²) in [7, 11) is 2.75. The Morgan fingerprint density at radius 3 is 2.37 bits per heavy atom. The summed E-state index contributed by atoms with van der Waals surface area (Å²) < 4.78 is 15.1. The Morgan fingerprint density at radius 1 is 1.11 bits per heavy atom. The highest BCUT2D eigenvalue weighted by molar-refractivity contribution is 6.01. The van der Waals surface area contributed by atoms with Crippen molar-refractivity contribution in [1.82, 2.24) is 0 Å². The Bertz CT molecular complexity index is 846. The molecule has 0 radical (unpaired) electrons. The number of carboxylic acids is 1. The molecule has 8 nitrogen and oxygen atoms in total. The van der Waals surface area contributed by atoms with Crippen LogP contribution in [0, 0.1) is 0 Å². The van der Waals surface area contributed by atoms with E-state index < -0.39 is 11.9 Å². The lowest BCUT2D eigenvalue weighted by Gasteiger charge is -2.15. The van der Waals surface area contributed by atoms with Gasteiger partial charge in [-0.25, -0.2) is 4.79 Å². The highest BCUT2D eigenvalue weighted by Gasteiger charge is 2.15. The summed E-state index contributed by atoms with van der Waals surface area (Å²) in [4.78, 5) is 23.1. The number of aromatic carboxylic acids is 1. The number of esters is 1. The molecule has 27 heavy (non-hydrogen) atoms. The molecule has 0 saturated carbocycles. The van der Waals surface area contributed by atoms with Crippen molar-refractivity contribution in [2.75, 3.05) is 26.3 Å². The molecule has 0 heterocycles. The third kappa shape index (κ3) is 4.75. The topological polar surface area (TPSA) is 109 Å². The minimum atomic E-state index is -1.41. The van der Waals surface area contributed by atoms with Gasteiger partial charge in [-0.2, -0.15) is 5.10 Å². The second-order valence-electron chi connectivity index (χ2n) is 5.22. The summed E-state index contributed by atoms with van der Waals surface area (Å²) in [5.74, 6) is -1.49. The number of hydrazone groups is 1. The summed E-state index contributed by atoms with van der Waals surface area (Å²) in [5.41, 5.74) is 3.90. The van der Waals surface area contributed by atoms with Gasteiger partial charge in [0.15, 0.2) is 11.5 Å². The smallest absolute Gasteiger partial charge is 0.338 e. The first kappa shape index (κ1) is 19.8. The fraction of sp³-hybridized carbons (Fsp3) is 0.211. The van der Waals surface area contributed by atoms with Gasteiger partial charge in [-0.05, 0) is 43.3 Å². The molecule has 0 aliphatic carbocycles. The Morgan fingerprint density at radius 2 is 1.81 bits per heavy atom. The number of ether oxygens (including phenoxy) is 3. The number of anilines is 1. The fourth-order valence-electron chi connectivity index (χ4n) is 2.33. The van der Waals surface area contributed by atoms with E-state index in [0.717, 1.165) is 0 Å². The van der Waals surface area contributed by atoms with Crippen molar-refractivity contribution in [3.05, 3.63) is 53.1 Å². The Hall–Kier alpha value is -3.55. The molecular formula is C19H19N2O6-. The van der Waals surface area contributed by atoms with E-state index in [1.54, 1.807) is 37.3 Å². The molecule has 0 bridgehead atoms. The second kappa shape index (κ2) is 9.23. The standard InChI is InChI=1S/C19H20N2O6/c1-4-27-19(24)12-5-8-14(9-6-12)21-20-11-13-7-10-15(25-2)17(26-3)16(13)18(22)23/h5-11,21H,4H2,1-3H3,(H,22,23)/p-1/b20-11+. The first-order chi connectivity index (χ1) is 13.0. The average Bonchev–Trinajstić information content (AvgIpc) is 2.67. The maximum atomic E-state index is 11.6. The zero-order valence-corrected chi connectivity index (χ0v) is 15.1. The van der Waals surface area contributed by atoms with E-state index in [1.165, 1.54) is 26.5 Å². The lowest BCUT2D eigenvalue weighted by molar-refractivity contribution is -0.255. The Balaban J connectivity index is 2.19. The molecule has 1 N–H and O–H groups in total. The number of nitrogens with zero attached hydrogens (tertiary/aromatic N) is 1. The largest absolute Gasteiger partial charge is 0.545 e. The van der Waals surface area contributed by atoms with Crippen LogP contribution in [0.4, 0.5) is 5.69 Å². The van der Waals surface area contributed by atoms with E-state index in [4.69, 9.17) is 14.2 Å². The number of carbonyl (C=O) groups is 2. The molecule has 2 rings (SSSR count). The number of benzene rings is 2. The molecule has 0 atom stereocenters. The highest BCUT2D eigenvalue weighted by atomic mass is 16.5. The van der Waals surface area contributed by atoms with Gasteiger partial charge in [0.05, 0.1) is 49.8 Å². The number of hydrogen-bond donors (Lipinski definition) is 1. The Kier molecular flexibility index (Phi) is 6.76. The van der Waals surface area contributed by atoms with Crippen molar-refractivity contribution >= 4 is 23.8 Å². The van der Waals surface area contributed by atoms with E-state index in [1.807, 2.05) is 0 Å². The summed E-state index contributed by atoms with van der Waals surface area (Å²) in [5, 5.41) is 15.5. The molecule has 0 spiro atoms. The van der Waals surface area contributed by atoms with Crippen molar-refractivity contribution in [3.8, 4) is 11.5 Å². The van der Waals surface area contributed by atoms with E-state index in [-0.39, 0.29) is 22.6 Å². The molecule has 142 valence electrons. The van der Waals surface area contributed by atoms with Crippen molar-refractivity contribution in [1.29, 1.82) is 0 Å². The molecule has 0 aliphatic rings. The van der Waals surface area contributed by atoms with E-state index in [0.29, 0.717) is 17.9 Å². The second-order valence-corrected chi connectivity index (χ2v) is 5.22. The van der Waals surface area contributed by atoms with Crippen molar-refractivity contribution in [2.24, 2.45) is 5.10 Å². The third-order valence-corrected chi connectivity index (χ3v) is 3.58. The van der Waals surface area contributed by atoms with E-state index in [2.05, 4.69) is 10.5 Å². The number of rotatable bonds is 8. The number of carboxylic acid groups (broad SMARTS) is 1. The van der Waals surface area contributed by atoms with Gasteiger partial charge in [-0.1, -0.05) is 0 Å². The van der Waals surface area contributed by atoms with Crippen molar-refractivity contribution < 1.29 is 28.9 Å². The summed E-state index contributed by atoms with van der Waals surface area (Å²) >= 11 is 0. The van der Waals surface area contributed by atoms with Crippen LogP contribution in [0.2, 0.25) is 0 Å². The first-order valence-electron chi connectivity index (χ1n) is 8.04. The maximum Gasteiger partial charge on any atom is 0.338 e. The monoisotopic (exact) mass is 371 g/mol. The molecule has 0 saturated heterocycles. The van der Waals surface area contributed by atoms with Crippen LogP contribution in [0.1, 0.15) is 33.2 Å². The highest BCUT2D eigenvalue weighted by Crippen LogP contribution is 2.32. The zero-order valence-electron chi connectivity index (χ0n) is 15.1. The van der Waals surface area contributed by atoms with Gasteiger partial charge in [0, 0.05) is 5.56 Å². The maximum absolute atomic E-state index is 11.6. The molecular weight excluding hydrogens is 352 g/mol. The molecule has 0 fully saturated rings. The fourth-order valence-corrected chi connectivity index (χ4v) is 2.33. The zero-order chi connectivity index (χ0) is 19.8. The van der Waals surface area contributed by atoms with Crippen LogP contribution < -0.4 is 20.0 Å². The number of nitrogens with one attached hydrogen (secondary N) is 1. The van der Waals surface area contributed by atoms with Gasteiger partial charge >= 0.3 is 5.97 Å². The predicted molar refractivity (Wildman–Crippen MR) is 97.5 cm³/mol. The SMILES string of the molecule is CCOC(=O)c1ccc(N/N=C/c2ccc(OC)c(OC)c2C(=O)[O-])cc1. The van der Waals surface area contributed by atoms with Gasteiger partial charge < -0.3 is 24.1 Å². The van der Waals surface area contributed by atoms with Crippen LogP contribution in [-0.2, 0) is 4.74 Å². The van der Waals surface area contributed by atoms with Gasteiger partial charge in [0.1, 0.15) is 0 Å². The lowest BCUT2D eigenvalue weighted by atomic mass is 10.1. The summed E-state index contributed by atoms with van der Waals surface area (Å²) in [6, 6.07) is 9.59. The van der Waals surface area contributed by atoms with Gasteiger partial charge in [0.2, 0.25) is 0 Å². The molecule has 0 aromatic heterocycles. The van der Waals surface area contributed by atoms with Crippen LogP contribution >= 0.6 is 0 Å². The lowest BCUT2D eigenvalue weighted by Crippen LogP contribution is -2.25. The predicted octanol–water partition coefficient (Wildman–Crippen LogP) is 1.69. The summed E-state index contributed by atoms with van der Waals surface area (Å²) in [6.45, 7) is 2.03. The normalized spacial score (nSPS) is 10.5. The van der Waals surface area contributed by atoms with Crippen LogP contribution in [0.5, 0.6) is 11.5 Å². The average molecular weight is 371 g/mol. The molecule has 2 aromatic carbocycles. The molecule has 8 heteroatoms. The number of methoxy groups -OCH3 is 2. The van der Waals surface area contributed by atoms with Crippen LogP contribution in [0.15, 0.2) is 41.5 Å². The quantitative estimate of drug-likeness (QED) is 0.427. The Labute approximate surface area is 156 Å². The van der Waals surface area contributed by atoms with Gasteiger partial charge in [0.25, 0.3) is 0 Å².